The van der Waals surface area contributed by atoms with Gasteiger partial charge in [-0.05, 0) is 32.1 Å². The first kappa shape index (κ1) is 7.84. The molecule has 0 saturated carbocycles. The van der Waals surface area contributed by atoms with Crippen LogP contribution in [0.1, 0.15) is 45.4 Å². The fourth-order valence-electron chi connectivity index (χ4n) is 1.48. The highest BCUT2D eigenvalue weighted by Crippen LogP contribution is 2.17. The van der Waals surface area contributed by atoms with Crippen LogP contribution in [0.15, 0.2) is 11.6 Å². The van der Waals surface area contributed by atoms with E-state index in [1.807, 2.05) is 0 Å². The Morgan fingerprint density at radius 3 is 2.80 bits per heavy atom. The molecule has 1 aliphatic carbocycles. The van der Waals surface area contributed by atoms with Gasteiger partial charge in [0.05, 0.1) is 0 Å². The quantitative estimate of drug-likeness (QED) is 0.519. The molecule has 10 heavy (non-hydrogen) atoms. The van der Waals surface area contributed by atoms with Crippen molar-refractivity contribution in [1.82, 2.24) is 0 Å². The Balaban J connectivity index is 2.35. The number of hydrogen-bond donors (Lipinski definition) is 0. The van der Waals surface area contributed by atoms with E-state index in [-0.39, 0.29) is 0 Å². The fraction of sp³-hybridized carbons (Fsp3) is 0.700. The van der Waals surface area contributed by atoms with Crippen molar-refractivity contribution >= 4 is 0 Å². The van der Waals surface area contributed by atoms with Gasteiger partial charge in [0.1, 0.15) is 0 Å². The van der Waals surface area contributed by atoms with E-state index in [2.05, 4.69) is 19.4 Å². The normalized spacial score (nSPS) is 26.3. The Morgan fingerprint density at radius 2 is 2.00 bits per heavy atom. The van der Waals surface area contributed by atoms with Crippen LogP contribution in [0.5, 0.6) is 0 Å². The van der Waals surface area contributed by atoms with Gasteiger partial charge in [-0.25, -0.2) is 0 Å². The van der Waals surface area contributed by atoms with Gasteiger partial charge in [0.2, 0.25) is 0 Å². The predicted octanol–water partition coefficient (Wildman–Crippen LogP) is 3.49. The molecule has 0 saturated heterocycles. The van der Waals surface area contributed by atoms with Crippen molar-refractivity contribution in [2.45, 2.75) is 45.4 Å². The van der Waals surface area contributed by atoms with Crippen molar-refractivity contribution in [3.05, 3.63) is 18.1 Å². The second kappa shape index (κ2) is 4.54. The first-order chi connectivity index (χ1) is 4.93. The van der Waals surface area contributed by atoms with Gasteiger partial charge in [-0.2, -0.15) is 0 Å². The smallest absolute Gasteiger partial charge is 0.0169 e. The van der Waals surface area contributed by atoms with E-state index < -0.39 is 0 Å². The molecule has 1 radical (unpaired) electrons. The lowest BCUT2D eigenvalue weighted by molar-refractivity contribution is 0.627. The van der Waals surface area contributed by atoms with Crippen LogP contribution in [-0.2, 0) is 0 Å². The van der Waals surface area contributed by atoms with E-state index in [0.29, 0.717) is 0 Å². The second-order valence-corrected chi connectivity index (χ2v) is 3.02. The molecule has 0 unspecified atom stereocenters. The van der Waals surface area contributed by atoms with Crippen molar-refractivity contribution in [2.75, 3.05) is 0 Å². The van der Waals surface area contributed by atoms with Crippen LogP contribution in [0.2, 0.25) is 0 Å². The molecular formula is C10H17. The van der Waals surface area contributed by atoms with Crippen molar-refractivity contribution < 1.29 is 0 Å². The first-order valence-corrected chi connectivity index (χ1v) is 4.42. The molecule has 0 N–H and O–H groups in total. The van der Waals surface area contributed by atoms with E-state index in [1.165, 1.54) is 38.5 Å². The maximum absolute atomic E-state index is 2.40. The lowest BCUT2D eigenvalue weighted by Gasteiger charge is -2.08. The molecule has 0 aromatic heterocycles. The van der Waals surface area contributed by atoms with Gasteiger partial charge in [0, 0.05) is 0 Å². The molecule has 0 heterocycles. The second-order valence-electron chi connectivity index (χ2n) is 3.02. The summed E-state index contributed by atoms with van der Waals surface area (Å²) in [4.78, 5) is 0. The molecule has 0 aromatic carbocycles. The summed E-state index contributed by atoms with van der Waals surface area (Å²) in [5.41, 5.74) is 1.57. The number of rotatable bonds is 1. The molecular weight excluding hydrogens is 120 g/mol. The molecule has 1 rings (SSSR count). The highest BCUT2D eigenvalue weighted by atomic mass is 14.0. The van der Waals surface area contributed by atoms with E-state index in [1.54, 1.807) is 5.57 Å². The van der Waals surface area contributed by atoms with Gasteiger partial charge in [-0.15, -0.1) is 0 Å². The lowest BCUT2D eigenvalue weighted by atomic mass is 9.99. The van der Waals surface area contributed by atoms with Crippen LogP contribution in [0.3, 0.4) is 0 Å². The molecule has 0 nitrogen and oxygen atoms in total. The van der Waals surface area contributed by atoms with Crippen LogP contribution < -0.4 is 0 Å². The Bertz CT molecular complexity index is 111. The average Bonchev–Trinajstić information content (AvgIpc) is 1.87. The SMILES string of the molecule is C[CH]/C1=C/CCCCCC1. The van der Waals surface area contributed by atoms with Gasteiger partial charge in [0.15, 0.2) is 0 Å². The Kier molecular flexibility index (Phi) is 3.56. The van der Waals surface area contributed by atoms with Crippen LogP contribution >= 0.6 is 0 Å². The van der Waals surface area contributed by atoms with Gasteiger partial charge >= 0.3 is 0 Å². The molecule has 0 atom stereocenters. The molecule has 0 fully saturated rings. The third-order valence-corrected chi connectivity index (χ3v) is 2.20. The van der Waals surface area contributed by atoms with E-state index in [9.17, 15) is 0 Å². The van der Waals surface area contributed by atoms with Crippen molar-refractivity contribution in [2.24, 2.45) is 0 Å². The minimum atomic E-state index is 1.31. The zero-order chi connectivity index (χ0) is 7.23. The van der Waals surface area contributed by atoms with Crippen LogP contribution in [0.4, 0.5) is 0 Å². The molecule has 0 spiro atoms. The maximum Gasteiger partial charge on any atom is -0.0169 e. The molecule has 0 heteroatoms. The summed E-state index contributed by atoms with van der Waals surface area (Å²) in [5.74, 6) is 0. The molecule has 57 valence electrons. The minimum absolute atomic E-state index is 1.31. The summed E-state index contributed by atoms with van der Waals surface area (Å²) in [6, 6.07) is 0. The van der Waals surface area contributed by atoms with Crippen molar-refractivity contribution in [3.63, 3.8) is 0 Å². The average molecular weight is 137 g/mol. The van der Waals surface area contributed by atoms with E-state index in [0.717, 1.165) is 0 Å². The monoisotopic (exact) mass is 137 g/mol. The summed E-state index contributed by atoms with van der Waals surface area (Å²) >= 11 is 0. The fourth-order valence-corrected chi connectivity index (χ4v) is 1.48. The first-order valence-electron chi connectivity index (χ1n) is 4.42. The zero-order valence-electron chi connectivity index (χ0n) is 6.90. The molecule has 0 aromatic rings. The Morgan fingerprint density at radius 1 is 1.20 bits per heavy atom. The van der Waals surface area contributed by atoms with Crippen LogP contribution in [0.25, 0.3) is 0 Å². The largest absolute Gasteiger partial charge is 0.0850 e. The lowest BCUT2D eigenvalue weighted by Crippen LogP contribution is -1.88. The predicted molar refractivity (Wildman–Crippen MR) is 45.8 cm³/mol. The highest BCUT2D eigenvalue weighted by molar-refractivity contribution is 5.11. The van der Waals surface area contributed by atoms with Crippen molar-refractivity contribution in [1.29, 1.82) is 0 Å². The van der Waals surface area contributed by atoms with E-state index >= 15 is 0 Å². The Labute approximate surface area is 64.3 Å². The Hall–Kier alpha value is -0.260. The third-order valence-electron chi connectivity index (χ3n) is 2.20. The summed E-state index contributed by atoms with van der Waals surface area (Å²) < 4.78 is 0. The van der Waals surface area contributed by atoms with Gasteiger partial charge in [-0.1, -0.05) is 31.4 Å². The van der Waals surface area contributed by atoms with Gasteiger partial charge in [-0.3, -0.25) is 0 Å². The number of hydrogen-bond acceptors (Lipinski definition) is 0. The van der Waals surface area contributed by atoms with Crippen LogP contribution in [0, 0.1) is 6.42 Å². The van der Waals surface area contributed by atoms with Crippen LogP contribution in [-0.4, -0.2) is 0 Å². The zero-order valence-corrected chi connectivity index (χ0v) is 6.90. The van der Waals surface area contributed by atoms with E-state index in [4.69, 9.17) is 0 Å². The minimum Gasteiger partial charge on any atom is -0.0850 e. The topological polar surface area (TPSA) is 0 Å². The van der Waals surface area contributed by atoms with Crippen molar-refractivity contribution in [3.8, 4) is 0 Å². The third kappa shape index (κ3) is 2.55. The molecule has 0 aliphatic heterocycles. The highest BCUT2D eigenvalue weighted by Gasteiger charge is 1.98. The molecule has 0 amide bonds. The van der Waals surface area contributed by atoms with Gasteiger partial charge < -0.3 is 0 Å². The summed E-state index contributed by atoms with van der Waals surface area (Å²) in [6.45, 7) is 2.15. The van der Waals surface area contributed by atoms with Gasteiger partial charge in [0.25, 0.3) is 0 Å². The summed E-state index contributed by atoms with van der Waals surface area (Å²) in [6.07, 6.45) is 13.0. The standard InChI is InChI=1S/C10H17/c1-2-10-8-6-4-3-5-7-9-10/h2,8H,3-7,9H2,1H3/b10-8-. The summed E-state index contributed by atoms with van der Waals surface area (Å²) in [7, 11) is 0. The molecule has 0 bridgehead atoms. The maximum atomic E-state index is 2.40. The summed E-state index contributed by atoms with van der Waals surface area (Å²) in [5, 5.41) is 0. The number of allylic oxidation sites excluding steroid dienone is 2. The molecule has 1 aliphatic rings.